The number of aliphatic carboxylic acids is 1. The number of pyridine rings is 1. The molecule has 1 N–H and O–H groups in total. The molecule has 0 unspecified atom stereocenters. The van der Waals surface area contributed by atoms with Crippen molar-refractivity contribution in [3.05, 3.63) is 68.6 Å². The molecule has 1 aromatic heterocycles. The fourth-order valence-corrected chi connectivity index (χ4v) is 4.63. The highest BCUT2D eigenvalue weighted by atomic mass is 35.5. The Bertz CT molecular complexity index is 1010. The third-order valence-corrected chi connectivity index (χ3v) is 5.99. The van der Waals surface area contributed by atoms with E-state index in [9.17, 15) is 15.1 Å². The maximum atomic E-state index is 12.6. The number of aromatic nitrogens is 1. The average Bonchev–Trinajstić information content (AvgIpc) is 3.34. The molecule has 9 nitrogen and oxygen atoms in total. The van der Waals surface area contributed by atoms with Crippen molar-refractivity contribution in [2.75, 3.05) is 13.7 Å². The van der Waals surface area contributed by atoms with Crippen LogP contribution in [0.25, 0.3) is 0 Å². The Balaban J connectivity index is 1.88. The van der Waals surface area contributed by atoms with E-state index < -0.39 is 17.6 Å². The normalized spacial score (nSPS) is 23.5. The monoisotopic (exact) mass is 432 g/mol. The number of hydrazine groups is 1. The van der Waals surface area contributed by atoms with E-state index in [1.807, 2.05) is 12.1 Å². The van der Waals surface area contributed by atoms with Crippen molar-refractivity contribution in [2.45, 2.75) is 38.0 Å². The number of carbonyl (C=O) groups is 1. The van der Waals surface area contributed by atoms with Gasteiger partial charge in [-0.3, -0.25) is 4.98 Å². The Labute approximate surface area is 178 Å². The van der Waals surface area contributed by atoms with Crippen LogP contribution in [0.5, 0.6) is 0 Å². The van der Waals surface area contributed by atoms with Gasteiger partial charge in [-0.1, -0.05) is 23.7 Å². The molecule has 1 saturated heterocycles. The van der Waals surface area contributed by atoms with Gasteiger partial charge in [-0.05, 0) is 43.0 Å². The molecule has 158 valence electrons. The summed E-state index contributed by atoms with van der Waals surface area (Å²) in [6, 6.07) is 7.29. The summed E-state index contributed by atoms with van der Waals surface area (Å²) in [7, 11) is 1.24. The maximum absolute atomic E-state index is 12.6. The number of ether oxygens (including phenoxy) is 1. The summed E-state index contributed by atoms with van der Waals surface area (Å²) in [6.45, 7) is 2.19. The Hall–Kier alpha value is -2.91. The summed E-state index contributed by atoms with van der Waals surface area (Å²) in [5.74, 6) is -1.14. The van der Waals surface area contributed by atoms with E-state index in [2.05, 4.69) is 15.1 Å². The van der Waals surface area contributed by atoms with E-state index in [1.165, 1.54) is 12.1 Å². The fourth-order valence-electron chi connectivity index (χ4n) is 4.50. The number of rotatable bonds is 5. The summed E-state index contributed by atoms with van der Waals surface area (Å²) in [6.07, 6.45) is 2.07. The lowest BCUT2D eigenvalue weighted by atomic mass is 9.82. The molecule has 2 aromatic rings. The molecule has 2 atom stereocenters. The first-order chi connectivity index (χ1) is 14.4. The van der Waals surface area contributed by atoms with E-state index in [1.54, 1.807) is 25.3 Å². The molecule has 2 aliphatic rings. The Morgan fingerprint density at radius 2 is 2.20 bits per heavy atom. The Morgan fingerprint density at radius 1 is 1.47 bits per heavy atom. The second-order valence-electron chi connectivity index (χ2n) is 7.30. The minimum absolute atomic E-state index is 0.213. The van der Waals surface area contributed by atoms with Gasteiger partial charge in [0, 0.05) is 28.0 Å². The predicted molar refractivity (Wildman–Crippen MR) is 105 cm³/mol. The van der Waals surface area contributed by atoms with Gasteiger partial charge in [0.2, 0.25) is 10.8 Å². The number of hydrogen-bond acceptors (Lipinski definition) is 6. The molecule has 0 aliphatic carbocycles. The first kappa shape index (κ1) is 20.4. The molecule has 0 radical (unpaired) electrons. The molecular weight excluding hydrogens is 412 g/mol. The second-order valence-corrected chi connectivity index (χ2v) is 7.74. The molecular formula is C20H21ClN4O5. The molecule has 4 rings (SSSR count). The van der Waals surface area contributed by atoms with Gasteiger partial charge in [-0.15, -0.1) is 5.01 Å². The highest BCUT2D eigenvalue weighted by molar-refractivity contribution is 6.30. The summed E-state index contributed by atoms with van der Waals surface area (Å²) >= 11 is 6.00. The van der Waals surface area contributed by atoms with Crippen molar-refractivity contribution in [1.29, 1.82) is 0 Å². The number of hydrogen-bond donors (Lipinski definition) is 1. The van der Waals surface area contributed by atoms with Crippen LogP contribution in [0.4, 0.5) is 0 Å². The zero-order chi connectivity index (χ0) is 21.5. The molecule has 0 bridgehead atoms. The zero-order valence-electron chi connectivity index (χ0n) is 16.5. The second kappa shape index (κ2) is 7.73. The molecule has 1 fully saturated rings. The minimum atomic E-state index is -1.61. The van der Waals surface area contributed by atoms with E-state index in [0.29, 0.717) is 22.7 Å². The first-order valence-corrected chi connectivity index (χ1v) is 9.86. The first-order valence-electron chi connectivity index (χ1n) is 9.48. The molecule has 0 amide bonds. The Kier molecular flexibility index (Phi) is 5.25. The third kappa shape index (κ3) is 3.05. The topological polar surface area (TPSA) is 110 Å². The van der Waals surface area contributed by atoms with Gasteiger partial charge in [0.05, 0.1) is 18.1 Å². The lowest BCUT2D eigenvalue weighted by molar-refractivity contribution is -0.721. The third-order valence-electron chi connectivity index (χ3n) is 5.73. The van der Waals surface area contributed by atoms with Crippen molar-refractivity contribution < 1.29 is 24.4 Å². The largest absolute Gasteiger partial charge is 0.569 e. The van der Waals surface area contributed by atoms with Crippen LogP contribution in [0.1, 0.15) is 46.9 Å². The van der Waals surface area contributed by atoms with Crippen molar-refractivity contribution >= 4 is 17.6 Å². The van der Waals surface area contributed by atoms with Crippen molar-refractivity contribution in [2.24, 2.45) is 5.28 Å². The number of carboxylic acid groups (broad SMARTS) is 1. The highest BCUT2D eigenvalue weighted by Gasteiger charge is 2.57. The van der Waals surface area contributed by atoms with Crippen molar-refractivity contribution in [1.82, 2.24) is 9.99 Å². The summed E-state index contributed by atoms with van der Waals surface area (Å²) in [5.41, 5.74) is 1.82. The van der Waals surface area contributed by atoms with E-state index in [-0.39, 0.29) is 24.5 Å². The van der Waals surface area contributed by atoms with Gasteiger partial charge in [-0.2, -0.15) is 0 Å². The van der Waals surface area contributed by atoms with Crippen LogP contribution in [0.2, 0.25) is 5.02 Å². The molecule has 0 spiro atoms. The minimum Gasteiger partial charge on any atom is -0.569 e. The SMILES string of the molecule is CON=[N+]([O-])N1CCC[C@]1(C(=O)O)c1c(C)ncc2c1CO[C@H]2c1ccc(Cl)cc1. The van der Waals surface area contributed by atoms with Crippen molar-refractivity contribution in [3.8, 4) is 0 Å². The number of aryl methyl sites for hydroxylation is 1. The molecule has 30 heavy (non-hydrogen) atoms. The van der Waals surface area contributed by atoms with E-state index in [4.69, 9.17) is 16.3 Å². The number of carboxylic acids is 1. The van der Waals surface area contributed by atoms with Gasteiger partial charge in [0.25, 0.3) is 0 Å². The Morgan fingerprint density at radius 3 is 2.87 bits per heavy atom. The average molecular weight is 433 g/mol. The zero-order valence-corrected chi connectivity index (χ0v) is 17.3. The van der Waals surface area contributed by atoms with Crippen LogP contribution in [0, 0.1) is 12.1 Å². The van der Waals surface area contributed by atoms with Gasteiger partial charge in [0.15, 0.2) is 0 Å². The molecule has 2 aliphatic heterocycles. The smallest absolute Gasteiger partial charge is 0.340 e. The summed E-state index contributed by atoms with van der Waals surface area (Å²) in [5, 5.41) is 28.0. The van der Waals surface area contributed by atoms with Gasteiger partial charge >= 0.3 is 5.97 Å². The lowest BCUT2D eigenvalue weighted by Crippen LogP contribution is -2.51. The number of benzene rings is 1. The van der Waals surface area contributed by atoms with Crippen molar-refractivity contribution in [3.63, 3.8) is 0 Å². The van der Waals surface area contributed by atoms with Gasteiger partial charge in [0.1, 0.15) is 13.2 Å². The van der Waals surface area contributed by atoms with Gasteiger partial charge in [-0.25, -0.2) is 4.79 Å². The lowest BCUT2D eigenvalue weighted by Gasteiger charge is -2.32. The van der Waals surface area contributed by atoms with Crippen LogP contribution in [0.15, 0.2) is 35.7 Å². The number of halogens is 1. The quantitative estimate of drug-likeness (QED) is 0.437. The van der Waals surface area contributed by atoms with Crippen LogP contribution in [-0.2, 0) is 26.5 Å². The molecule has 0 saturated carbocycles. The molecule has 10 heteroatoms. The van der Waals surface area contributed by atoms with Crippen LogP contribution in [-0.4, -0.2) is 39.7 Å². The fraction of sp³-hybridized carbons (Fsp3) is 0.400. The van der Waals surface area contributed by atoms with Crippen LogP contribution < -0.4 is 0 Å². The maximum Gasteiger partial charge on any atom is 0.340 e. The highest BCUT2D eigenvalue weighted by Crippen LogP contribution is 2.47. The number of fused-ring (bicyclic) bond motifs is 1. The van der Waals surface area contributed by atoms with Gasteiger partial charge < -0.3 is 19.9 Å². The van der Waals surface area contributed by atoms with E-state index in [0.717, 1.165) is 16.7 Å². The predicted octanol–water partition coefficient (Wildman–Crippen LogP) is 3.48. The number of nitrogens with zero attached hydrogens (tertiary/aromatic N) is 4. The molecule has 1 aromatic carbocycles. The van der Waals surface area contributed by atoms with Crippen LogP contribution >= 0.6 is 11.6 Å². The molecule has 3 heterocycles. The standard InChI is InChI=1S/C20H21ClN4O5/c1-12-17(20(19(26)27)8-3-9-24(20)25(28)23-29-2)16-11-30-18(15(16)10-22-12)13-4-6-14(21)7-5-13/h4-7,10,18H,3,8-9,11H2,1-2H3,(H,26,27)/t18-,20+/m0/s1. The summed E-state index contributed by atoms with van der Waals surface area (Å²) < 4.78 is 6.04. The van der Waals surface area contributed by atoms with Crippen LogP contribution in [0.3, 0.4) is 0 Å². The summed E-state index contributed by atoms with van der Waals surface area (Å²) in [4.78, 5) is 21.9. The van der Waals surface area contributed by atoms with E-state index >= 15 is 0 Å².